The second-order valence-electron chi connectivity index (χ2n) is 11.8. The lowest BCUT2D eigenvalue weighted by Crippen LogP contribution is -2.09. The van der Waals surface area contributed by atoms with Crippen molar-refractivity contribution in [3.8, 4) is 23.0 Å². The fourth-order valence-corrected chi connectivity index (χ4v) is 4.83. The topological polar surface area (TPSA) is 105 Å². The number of hydrogen-bond acceptors (Lipinski definition) is 8. The molecule has 0 radical (unpaired) electrons. The first-order valence-electron chi connectivity index (χ1n) is 17.3. The Hall–Kier alpha value is -5.76. The number of ether oxygens (including phenoxy) is 4. The maximum Gasteiger partial charge on any atom is 0.336 e. The molecular weight excluding hydrogens is 644 g/mol. The quantitative estimate of drug-likeness (QED) is 0.0226. The number of esters is 2. The van der Waals surface area contributed by atoms with Gasteiger partial charge in [-0.25, -0.2) is 9.59 Å². The zero-order chi connectivity index (χ0) is 36.3. The number of hydrogen-bond donors (Lipinski definition) is 0. The molecule has 8 heteroatoms. The van der Waals surface area contributed by atoms with Crippen molar-refractivity contribution >= 4 is 35.7 Å². The molecule has 0 aliphatic rings. The van der Waals surface area contributed by atoms with Crippen LogP contribution in [-0.2, 0) is 9.59 Å². The lowest BCUT2D eigenvalue weighted by molar-refractivity contribution is -0.129. The highest BCUT2D eigenvalue weighted by Crippen LogP contribution is 2.19. The molecule has 0 heterocycles. The number of benzene rings is 4. The SMILES string of the molecule is CCCCCOc1ccc(/C=C/C(=O)Oc2ccc(C(=O)CC(=O)c3ccc(OC(=O)/C=C/c4ccc(OCCCCC)cc4)cc3)cc2)cc1. The Bertz CT molecular complexity index is 1640. The Morgan fingerprint density at radius 1 is 0.471 bits per heavy atom. The molecule has 4 aromatic rings. The van der Waals surface area contributed by atoms with Gasteiger partial charge in [-0.05, 0) is 109 Å². The van der Waals surface area contributed by atoms with Crippen molar-refractivity contribution in [1.29, 1.82) is 0 Å². The first kappa shape index (κ1) is 38.0. The third-order valence-electron chi connectivity index (χ3n) is 7.73. The molecule has 0 aromatic heterocycles. The predicted octanol–water partition coefficient (Wildman–Crippen LogP) is 9.52. The Balaban J connectivity index is 1.19. The van der Waals surface area contributed by atoms with Crippen molar-refractivity contribution in [3.05, 3.63) is 131 Å². The normalized spacial score (nSPS) is 11.0. The summed E-state index contributed by atoms with van der Waals surface area (Å²) in [6, 6.07) is 26.9. The van der Waals surface area contributed by atoms with E-state index >= 15 is 0 Å². The van der Waals surface area contributed by atoms with Crippen LogP contribution in [0, 0.1) is 0 Å². The Morgan fingerprint density at radius 2 is 0.824 bits per heavy atom. The van der Waals surface area contributed by atoms with Crippen molar-refractivity contribution < 1.29 is 38.1 Å². The molecule has 0 unspecified atom stereocenters. The van der Waals surface area contributed by atoms with Crippen LogP contribution in [0.3, 0.4) is 0 Å². The van der Waals surface area contributed by atoms with Gasteiger partial charge < -0.3 is 18.9 Å². The van der Waals surface area contributed by atoms with Crippen LogP contribution >= 0.6 is 0 Å². The van der Waals surface area contributed by atoms with Gasteiger partial charge in [0, 0.05) is 23.3 Å². The van der Waals surface area contributed by atoms with E-state index in [2.05, 4.69) is 13.8 Å². The molecule has 0 bridgehead atoms. The van der Waals surface area contributed by atoms with Gasteiger partial charge in [0.15, 0.2) is 11.6 Å². The van der Waals surface area contributed by atoms with Crippen LogP contribution < -0.4 is 18.9 Å². The van der Waals surface area contributed by atoms with Gasteiger partial charge in [-0.3, -0.25) is 9.59 Å². The summed E-state index contributed by atoms with van der Waals surface area (Å²) in [6.07, 6.45) is 12.1. The number of carbonyl (C=O) groups is 4. The molecule has 0 amide bonds. The van der Waals surface area contributed by atoms with E-state index in [9.17, 15) is 19.2 Å². The summed E-state index contributed by atoms with van der Waals surface area (Å²) >= 11 is 0. The Morgan fingerprint density at radius 3 is 1.18 bits per heavy atom. The molecule has 4 rings (SSSR count). The van der Waals surface area contributed by atoms with Gasteiger partial charge in [-0.15, -0.1) is 0 Å². The van der Waals surface area contributed by atoms with Crippen LogP contribution in [-0.4, -0.2) is 36.7 Å². The summed E-state index contributed by atoms with van der Waals surface area (Å²) in [5, 5.41) is 0. The lowest BCUT2D eigenvalue weighted by atomic mass is 10.0. The molecule has 0 atom stereocenters. The number of ketones is 2. The van der Waals surface area contributed by atoms with Gasteiger partial charge in [-0.2, -0.15) is 0 Å². The standard InChI is InChI=1S/C43H44O8/c1-3-5-7-29-48-36-19-9-32(10-20-36)13-27-42(46)50-38-23-15-34(16-24-38)40(44)31-41(45)35-17-25-39(26-18-35)51-43(47)28-14-33-11-21-37(22-12-33)49-30-8-6-4-2/h9-28H,3-8,29-31H2,1-2H3/b27-13+,28-14+. The minimum Gasteiger partial charge on any atom is -0.494 e. The van der Waals surface area contributed by atoms with E-state index in [-0.39, 0.29) is 29.5 Å². The molecule has 4 aromatic carbocycles. The highest BCUT2D eigenvalue weighted by Gasteiger charge is 2.15. The first-order valence-corrected chi connectivity index (χ1v) is 17.3. The summed E-state index contributed by atoms with van der Waals surface area (Å²) in [6.45, 7) is 5.65. The van der Waals surface area contributed by atoms with Crippen molar-refractivity contribution in [2.24, 2.45) is 0 Å². The number of carbonyl (C=O) groups excluding carboxylic acids is 4. The van der Waals surface area contributed by atoms with E-state index in [0.717, 1.165) is 61.2 Å². The zero-order valence-corrected chi connectivity index (χ0v) is 29.2. The molecule has 264 valence electrons. The third kappa shape index (κ3) is 13.6. The van der Waals surface area contributed by atoms with Crippen molar-refractivity contribution in [3.63, 3.8) is 0 Å². The molecular formula is C43H44O8. The predicted molar refractivity (Wildman–Crippen MR) is 198 cm³/mol. The van der Waals surface area contributed by atoms with Crippen LogP contribution in [0.25, 0.3) is 12.2 Å². The minimum atomic E-state index is -0.567. The van der Waals surface area contributed by atoms with Gasteiger partial charge in [-0.1, -0.05) is 63.8 Å². The average Bonchev–Trinajstić information content (AvgIpc) is 3.15. The summed E-state index contributed by atoms with van der Waals surface area (Å²) < 4.78 is 22.1. The van der Waals surface area contributed by atoms with Crippen LogP contribution in [0.1, 0.15) is 90.6 Å². The molecule has 0 fully saturated rings. The van der Waals surface area contributed by atoms with E-state index < -0.39 is 11.9 Å². The van der Waals surface area contributed by atoms with E-state index in [1.54, 1.807) is 12.2 Å². The fraction of sp³-hybridized carbons (Fsp3) is 0.256. The van der Waals surface area contributed by atoms with Gasteiger partial charge >= 0.3 is 11.9 Å². The van der Waals surface area contributed by atoms with E-state index in [1.165, 1.54) is 60.7 Å². The van der Waals surface area contributed by atoms with Crippen molar-refractivity contribution in [2.45, 2.75) is 58.8 Å². The third-order valence-corrected chi connectivity index (χ3v) is 7.73. The van der Waals surface area contributed by atoms with Crippen molar-refractivity contribution in [1.82, 2.24) is 0 Å². The van der Waals surface area contributed by atoms with Crippen LogP contribution in [0.5, 0.6) is 23.0 Å². The Kier molecular flexibility index (Phi) is 15.4. The summed E-state index contributed by atoms with van der Waals surface area (Å²) in [5.41, 5.74) is 2.26. The molecule has 8 nitrogen and oxygen atoms in total. The fourth-order valence-electron chi connectivity index (χ4n) is 4.83. The lowest BCUT2D eigenvalue weighted by Gasteiger charge is -2.06. The molecule has 0 saturated heterocycles. The van der Waals surface area contributed by atoms with E-state index in [4.69, 9.17) is 18.9 Å². The Labute approximate surface area is 299 Å². The first-order chi connectivity index (χ1) is 24.8. The molecule has 51 heavy (non-hydrogen) atoms. The number of Topliss-reactive ketones (excluding diaryl/α,β-unsaturated/α-hetero) is 2. The number of unbranched alkanes of at least 4 members (excludes halogenated alkanes) is 4. The van der Waals surface area contributed by atoms with E-state index in [0.29, 0.717) is 24.3 Å². The smallest absolute Gasteiger partial charge is 0.336 e. The largest absolute Gasteiger partial charge is 0.494 e. The number of rotatable bonds is 20. The highest BCUT2D eigenvalue weighted by atomic mass is 16.5. The van der Waals surface area contributed by atoms with Crippen LogP contribution in [0.2, 0.25) is 0 Å². The van der Waals surface area contributed by atoms with Gasteiger partial charge in [0.05, 0.1) is 19.6 Å². The van der Waals surface area contributed by atoms with Gasteiger partial charge in [0.25, 0.3) is 0 Å². The molecule has 0 spiro atoms. The van der Waals surface area contributed by atoms with Gasteiger partial charge in [0.2, 0.25) is 0 Å². The van der Waals surface area contributed by atoms with E-state index in [1.807, 2.05) is 48.5 Å². The second kappa shape index (κ2) is 20.7. The molecule has 0 aliphatic carbocycles. The van der Waals surface area contributed by atoms with Crippen molar-refractivity contribution in [2.75, 3.05) is 13.2 Å². The van der Waals surface area contributed by atoms with Gasteiger partial charge in [0.1, 0.15) is 23.0 Å². The maximum absolute atomic E-state index is 12.8. The van der Waals surface area contributed by atoms with Crippen LogP contribution in [0.4, 0.5) is 0 Å². The average molecular weight is 689 g/mol. The zero-order valence-electron chi connectivity index (χ0n) is 29.2. The monoisotopic (exact) mass is 688 g/mol. The summed E-state index contributed by atoms with van der Waals surface area (Å²) in [4.78, 5) is 50.2. The molecule has 0 N–H and O–H groups in total. The summed E-state index contributed by atoms with van der Waals surface area (Å²) in [5.74, 6) is 0.201. The van der Waals surface area contributed by atoms with Crippen LogP contribution in [0.15, 0.2) is 109 Å². The second-order valence-corrected chi connectivity index (χ2v) is 11.8. The molecule has 0 aliphatic heterocycles. The molecule has 0 saturated carbocycles. The highest BCUT2D eigenvalue weighted by molar-refractivity contribution is 6.13. The minimum absolute atomic E-state index is 0.268. The summed E-state index contributed by atoms with van der Waals surface area (Å²) in [7, 11) is 0. The maximum atomic E-state index is 12.8.